The van der Waals surface area contributed by atoms with Crippen molar-refractivity contribution in [2.45, 2.75) is 19.9 Å². The molecule has 1 saturated heterocycles. The molecule has 0 radical (unpaired) electrons. The molecule has 0 spiro atoms. The summed E-state index contributed by atoms with van der Waals surface area (Å²) in [5.41, 5.74) is 1.94. The lowest BCUT2D eigenvalue weighted by Gasteiger charge is -2.26. The smallest absolute Gasteiger partial charge is 0.151 e. The molecular weight excluding hydrogens is 270 g/mol. The summed E-state index contributed by atoms with van der Waals surface area (Å²) < 4.78 is 1.99. The van der Waals surface area contributed by atoms with E-state index in [1.807, 2.05) is 34.8 Å². The summed E-state index contributed by atoms with van der Waals surface area (Å²) in [5, 5.41) is 13.1. The van der Waals surface area contributed by atoms with Crippen molar-refractivity contribution < 1.29 is 0 Å². The van der Waals surface area contributed by atoms with Crippen LogP contribution in [0.25, 0.3) is 11.4 Å². The van der Waals surface area contributed by atoms with Crippen LogP contribution in [0.5, 0.6) is 0 Å². The first-order valence-electron chi connectivity index (χ1n) is 7.07. The molecule has 1 fully saturated rings. The van der Waals surface area contributed by atoms with E-state index in [9.17, 15) is 0 Å². The van der Waals surface area contributed by atoms with E-state index in [0.29, 0.717) is 0 Å². The Kier molecular flexibility index (Phi) is 4.20. The van der Waals surface area contributed by atoms with E-state index in [4.69, 9.17) is 0 Å². The molecule has 0 saturated carbocycles. The average molecular weight is 289 g/mol. The minimum absolute atomic E-state index is 0.895. The largest absolute Gasteiger partial charge is 0.353 e. The first-order chi connectivity index (χ1) is 9.88. The molecule has 1 aliphatic rings. The van der Waals surface area contributed by atoms with Gasteiger partial charge in [-0.05, 0) is 24.6 Å². The van der Waals surface area contributed by atoms with Gasteiger partial charge in [0.25, 0.3) is 0 Å². The van der Waals surface area contributed by atoms with Crippen LogP contribution in [0, 0.1) is 0 Å². The Morgan fingerprint density at radius 3 is 2.70 bits per heavy atom. The molecule has 0 aromatic carbocycles. The Hall–Kier alpha value is -1.56. The summed E-state index contributed by atoms with van der Waals surface area (Å²) in [7, 11) is 0. The van der Waals surface area contributed by atoms with Crippen molar-refractivity contribution >= 4 is 17.6 Å². The molecule has 3 heterocycles. The first-order valence-corrected chi connectivity index (χ1v) is 8.22. The van der Waals surface area contributed by atoms with E-state index < -0.39 is 0 Å². The number of aromatic nitrogens is 4. The van der Waals surface area contributed by atoms with Gasteiger partial charge in [-0.25, -0.2) is 0 Å². The maximum Gasteiger partial charge on any atom is 0.151 e. The van der Waals surface area contributed by atoms with Gasteiger partial charge in [-0.3, -0.25) is 4.68 Å². The number of nitrogens with zero attached hydrogens (tertiary/aromatic N) is 5. The lowest BCUT2D eigenvalue weighted by Crippen LogP contribution is -2.33. The molecule has 3 rings (SSSR count). The van der Waals surface area contributed by atoms with E-state index >= 15 is 0 Å². The van der Waals surface area contributed by atoms with Crippen LogP contribution < -0.4 is 4.90 Å². The van der Waals surface area contributed by atoms with Crippen LogP contribution >= 0.6 is 11.8 Å². The molecular formula is C14H19N5S. The fraction of sp³-hybridized carbons (Fsp3) is 0.500. The molecule has 0 amide bonds. The van der Waals surface area contributed by atoms with E-state index in [-0.39, 0.29) is 0 Å². The van der Waals surface area contributed by atoms with E-state index in [1.54, 1.807) is 0 Å². The zero-order valence-electron chi connectivity index (χ0n) is 11.7. The van der Waals surface area contributed by atoms with Crippen LogP contribution in [-0.2, 0) is 6.54 Å². The van der Waals surface area contributed by atoms with Gasteiger partial charge in [0, 0.05) is 37.3 Å². The quantitative estimate of drug-likeness (QED) is 0.864. The number of hydrogen-bond acceptors (Lipinski definition) is 5. The summed E-state index contributed by atoms with van der Waals surface area (Å²) in [6.07, 6.45) is 2.88. The number of anilines is 1. The topological polar surface area (TPSA) is 46.8 Å². The fourth-order valence-electron chi connectivity index (χ4n) is 2.36. The number of hydrogen-bond donors (Lipinski definition) is 0. The first kappa shape index (κ1) is 13.4. The van der Waals surface area contributed by atoms with Crippen LogP contribution in [0.15, 0.2) is 24.4 Å². The van der Waals surface area contributed by atoms with E-state index in [0.717, 1.165) is 43.3 Å². The maximum atomic E-state index is 4.39. The van der Waals surface area contributed by atoms with Gasteiger partial charge in [0.2, 0.25) is 0 Å². The van der Waals surface area contributed by atoms with Crippen molar-refractivity contribution in [3.05, 3.63) is 24.4 Å². The van der Waals surface area contributed by atoms with E-state index in [1.165, 1.54) is 11.5 Å². The summed E-state index contributed by atoms with van der Waals surface area (Å²) in [6.45, 7) is 5.18. The molecule has 0 atom stereocenters. The van der Waals surface area contributed by atoms with Crippen LogP contribution in [0.4, 0.5) is 5.82 Å². The van der Waals surface area contributed by atoms with Gasteiger partial charge >= 0.3 is 0 Å². The average Bonchev–Trinajstić information content (AvgIpc) is 2.97. The van der Waals surface area contributed by atoms with Gasteiger partial charge < -0.3 is 4.90 Å². The van der Waals surface area contributed by atoms with Crippen molar-refractivity contribution in [3.63, 3.8) is 0 Å². The Bertz CT molecular complexity index is 545. The summed E-state index contributed by atoms with van der Waals surface area (Å²) in [6, 6.07) is 6.12. The van der Waals surface area contributed by atoms with Crippen molar-refractivity contribution in [1.82, 2.24) is 20.0 Å². The summed E-state index contributed by atoms with van der Waals surface area (Å²) >= 11 is 2.00. The number of thioether (sulfide) groups is 1. The highest BCUT2D eigenvalue weighted by molar-refractivity contribution is 7.99. The third kappa shape index (κ3) is 2.80. The molecule has 0 bridgehead atoms. The summed E-state index contributed by atoms with van der Waals surface area (Å²) in [5.74, 6) is 3.33. The standard InChI is InChI=1S/C14H19N5S/c1-2-7-19-13(5-6-15-19)12-3-4-14(17-16-12)18-8-10-20-11-9-18/h3-6H,2,7-11H2,1H3. The van der Waals surface area contributed by atoms with Crippen molar-refractivity contribution in [2.75, 3.05) is 29.5 Å². The van der Waals surface area contributed by atoms with Gasteiger partial charge in [-0.1, -0.05) is 6.92 Å². The fourth-order valence-corrected chi connectivity index (χ4v) is 3.27. The second-order valence-corrected chi connectivity index (χ2v) is 6.04. The molecule has 5 nitrogen and oxygen atoms in total. The van der Waals surface area contributed by atoms with Crippen molar-refractivity contribution in [2.24, 2.45) is 0 Å². The van der Waals surface area contributed by atoms with Gasteiger partial charge in [-0.15, -0.1) is 10.2 Å². The Labute approximate surface area is 123 Å². The highest BCUT2D eigenvalue weighted by atomic mass is 32.2. The minimum atomic E-state index is 0.895. The van der Waals surface area contributed by atoms with Gasteiger partial charge in [0.05, 0.1) is 5.69 Å². The molecule has 1 aliphatic heterocycles. The van der Waals surface area contributed by atoms with Crippen LogP contribution in [-0.4, -0.2) is 44.6 Å². The number of rotatable bonds is 4. The molecule has 0 unspecified atom stereocenters. The molecule has 0 N–H and O–H groups in total. The van der Waals surface area contributed by atoms with E-state index in [2.05, 4.69) is 33.2 Å². The van der Waals surface area contributed by atoms with Crippen LogP contribution in [0.2, 0.25) is 0 Å². The van der Waals surface area contributed by atoms with Gasteiger partial charge in [0.15, 0.2) is 5.82 Å². The Morgan fingerprint density at radius 2 is 2.00 bits per heavy atom. The SMILES string of the molecule is CCCn1nccc1-c1ccc(N2CCSCC2)nn1. The highest BCUT2D eigenvalue weighted by Gasteiger charge is 2.13. The Balaban J connectivity index is 1.79. The number of aryl methyl sites for hydroxylation is 1. The Morgan fingerprint density at radius 1 is 1.15 bits per heavy atom. The molecule has 2 aromatic heterocycles. The molecule has 106 valence electrons. The van der Waals surface area contributed by atoms with Gasteiger partial charge in [-0.2, -0.15) is 16.9 Å². The molecule has 0 aliphatic carbocycles. The monoisotopic (exact) mass is 289 g/mol. The molecule has 20 heavy (non-hydrogen) atoms. The second kappa shape index (κ2) is 6.26. The van der Waals surface area contributed by atoms with Crippen molar-refractivity contribution in [1.29, 1.82) is 0 Å². The third-order valence-corrected chi connectivity index (χ3v) is 4.34. The predicted octanol–water partition coefficient (Wildman–Crippen LogP) is 2.30. The normalized spacial score (nSPS) is 15.6. The molecule has 6 heteroatoms. The summed E-state index contributed by atoms with van der Waals surface area (Å²) in [4.78, 5) is 2.30. The second-order valence-electron chi connectivity index (χ2n) is 4.82. The highest BCUT2D eigenvalue weighted by Crippen LogP contribution is 2.20. The zero-order chi connectivity index (χ0) is 13.8. The lowest BCUT2D eigenvalue weighted by molar-refractivity contribution is 0.607. The van der Waals surface area contributed by atoms with Crippen LogP contribution in [0.3, 0.4) is 0 Å². The lowest BCUT2D eigenvalue weighted by atomic mass is 10.3. The predicted molar refractivity (Wildman–Crippen MR) is 83.1 cm³/mol. The molecule has 2 aromatic rings. The van der Waals surface area contributed by atoms with Crippen molar-refractivity contribution in [3.8, 4) is 11.4 Å². The minimum Gasteiger partial charge on any atom is -0.353 e. The zero-order valence-corrected chi connectivity index (χ0v) is 12.5. The van der Waals surface area contributed by atoms with Gasteiger partial charge in [0.1, 0.15) is 5.69 Å². The third-order valence-electron chi connectivity index (χ3n) is 3.40. The maximum absolute atomic E-state index is 4.39. The van der Waals surface area contributed by atoms with Crippen LogP contribution in [0.1, 0.15) is 13.3 Å².